The Morgan fingerprint density at radius 1 is 1.57 bits per heavy atom. The normalized spacial score (nSPS) is 12.2. The second kappa shape index (κ2) is 5.15. The second-order valence-electron chi connectivity index (χ2n) is 3.13. The van der Waals surface area contributed by atoms with Crippen LogP contribution in [0.5, 0.6) is 5.75 Å². The molecule has 1 aromatic rings. The van der Waals surface area contributed by atoms with Gasteiger partial charge in [-0.2, -0.15) is 0 Å². The van der Waals surface area contributed by atoms with Crippen molar-refractivity contribution in [3.05, 3.63) is 29.3 Å². The number of carbonyl (C=O) groups is 1. The van der Waals surface area contributed by atoms with Gasteiger partial charge in [0.25, 0.3) is 0 Å². The van der Waals surface area contributed by atoms with Crippen LogP contribution in [0.1, 0.15) is 24.0 Å². The van der Waals surface area contributed by atoms with Gasteiger partial charge in [-0.25, -0.2) is 0 Å². The van der Waals surface area contributed by atoms with Crippen molar-refractivity contribution in [2.24, 2.45) is 0 Å². The number of methoxy groups -OCH3 is 1. The highest BCUT2D eigenvalue weighted by atomic mass is 79.9. The van der Waals surface area contributed by atoms with Gasteiger partial charge in [0.15, 0.2) is 0 Å². The number of halogens is 1. The van der Waals surface area contributed by atoms with Crippen LogP contribution in [0.15, 0.2) is 18.2 Å². The van der Waals surface area contributed by atoms with E-state index in [1.165, 1.54) is 0 Å². The van der Waals surface area contributed by atoms with Crippen molar-refractivity contribution >= 4 is 22.2 Å². The van der Waals surface area contributed by atoms with Gasteiger partial charge < -0.3 is 9.53 Å². The highest BCUT2D eigenvalue weighted by Gasteiger charge is 2.07. The maximum atomic E-state index is 10.6. The number of hydrogen-bond donors (Lipinski definition) is 0. The van der Waals surface area contributed by atoms with E-state index < -0.39 is 0 Å². The predicted octanol–water partition coefficient (Wildman–Crippen LogP) is 2.89. The summed E-state index contributed by atoms with van der Waals surface area (Å²) in [5, 5.41) is 0.732. The van der Waals surface area contributed by atoms with E-state index in [0.29, 0.717) is 0 Å². The Morgan fingerprint density at radius 3 is 2.79 bits per heavy atom. The van der Waals surface area contributed by atoms with Gasteiger partial charge in [-0.3, -0.25) is 0 Å². The maximum Gasteiger partial charge on any atom is 0.127 e. The largest absolute Gasteiger partial charge is 0.496 e. The van der Waals surface area contributed by atoms with E-state index >= 15 is 0 Å². The Labute approximate surface area is 92.4 Å². The molecule has 0 aromatic heterocycles. The third kappa shape index (κ3) is 2.35. The Bertz CT molecular complexity index is 323. The zero-order valence-corrected chi connectivity index (χ0v) is 9.87. The first-order valence-electron chi connectivity index (χ1n) is 4.41. The molecule has 0 bridgehead atoms. The molecular weight excluding hydrogens is 244 g/mol. The smallest absolute Gasteiger partial charge is 0.127 e. The van der Waals surface area contributed by atoms with Gasteiger partial charge in [0.1, 0.15) is 12.0 Å². The van der Waals surface area contributed by atoms with Gasteiger partial charge >= 0.3 is 0 Å². The molecule has 0 spiro atoms. The van der Waals surface area contributed by atoms with Gasteiger partial charge in [-0.05, 0) is 11.6 Å². The molecule has 0 saturated heterocycles. The molecule has 0 N–H and O–H groups in total. The van der Waals surface area contributed by atoms with Crippen molar-refractivity contribution < 1.29 is 9.53 Å². The van der Waals surface area contributed by atoms with E-state index in [9.17, 15) is 4.79 Å². The summed E-state index contributed by atoms with van der Waals surface area (Å²) in [5.74, 6) is 0.794. The molecule has 0 saturated carbocycles. The topological polar surface area (TPSA) is 26.3 Å². The van der Waals surface area contributed by atoms with Crippen molar-refractivity contribution in [1.82, 2.24) is 0 Å². The monoisotopic (exact) mass is 256 g/mol. The first-order valence-corrected chi connectivity index (χ1v) is 5.53. The lowest BCUT2D eigenvalue weighted by Gasteiger charge is -2.10. The molecule has 1 aromatic carbocycles. The van der Waals surface area contributed by atoms with Crippen molar-refractivity contribution in [1.29, 1.82) is 0 Å². The average molecular weight is 257 g/mol. The van der Waals surface area contributed by atoms with Gasteiger partial charge in [-0.15, -0.1) is 0 Å². The number of benzene rings is 1. The first kappa shape index (κ1) is 11.2. The van der Waals surface area contributed by atoms with Gasteiger partial charge in [0.05, 0.1) is 7.11 Å². The molecule has 0 amide bonds. The Kier molecular flexibility index (Phi) is 4.14. The van der Waals surface area contributed by atoms with Crippen LogP contribution in [0.2, 0.25) is 0 Å². The maximum absolute atomic E-state index is 10.6. The molecule has 0 radical (unpaired) electrons. The highest BCUT2D eigenvalue weighted by molar-refractivity contribution is 9.08. The molecule has 76 valence electrons. The van der Waals surface area contributed by atoms with Gasteiger partial charge in [-0.1, -0.05) is 35.0 Å². The SMILES string of the molecule is COc1ccc(C(C)C=O)cc1CBr. The van der Waals surface area contributed by atoms with Gasteiger partial charge in [0, 0.05) is 16.8 Å². The van der Waals surface area contributed by atoms with E-state index in [-0.39, 0.29) is 5.92 Å². The number of ether oxygens (including phenoxy) is 1. The molecule has 0 aliphatic rings. The molecule has 1 unspecified atom stereocenters. The molecule has 0 aliphatic carbocycles. The van der Waals surface area contributed by atoms with E-state index in [0.717, 1.165) is 28.5 Å². The van der Waals surface area contributed by atoms with Crippen LogP contribution in [-0.4, -0.2) is 13.4 Å². The molecule has 0 heterocycles. The minimum absolute atomic E-state index is 0.0568. The highest BCUT2D eigenvalue weighted by Crippen LogP contribution is 2.25. The van der Waals surface area contributed by atoms with Crippen molar-refractivity contribution in [2.75, 3.05) is 7.11 Å². The minimum atomic E-state index is -0.0568. The van der Waals surface area contributed by atoms with E-state index in [1.54, 1.807) is 7.11 Å². The Balaban J connectivity index is 3.06. The van der Waals surface area contributed by atoms with Crippen LogP contribution in [0.3, 0.4) is 0 Å². The van der Waals surface area contributed by atoms with E-state index in [2.05, 4.69) is 15.9 Å². The zero-order valence-electron chi connectivity index (χ0n) is 8.29. The lowest BCUT2D eigenvalue weighted by molar-refractivity contribution is -0.108. The van der Waals surface area contributed by atoms with Crippen molar-refractivity contribution in [2.45, 2.75) is 18.2 Å². The summed E-state index contributed by atoms with van der Waals surface area (Å²) < 4.78 is 5.19. The van der Waals surface area contributed by atoms with Crippen LogP contribution >= 0.6 is 15.9 Å². The molecule has 14 heavy (non-hydrogen) atoms. The molecule has 3 heteroatoms. The fourth-order valence-electron chi connectivity index (χ4n) is 1.26. The molecule has 2 nitrogen and oxygen atoms in total. The number of hydrogen-bond acceptors (Lipinski definition) is 2. The fraction of sp³-hybridized carbons (Fsp3) is 0.364. The molecule has 1 rings (SSSR count). The molecule has 0 aliphatic heterocycles. The van der Waals surface area contributed by atoms with Gasteiger partial charge in [0.2, 0.25) is 0 Å². The van der Waals surface area contributed by atoms with Crippen LogP contribution in [0.4, 0.5) is 0 Å². The van der Waals surface area contributed by atoms with Crippen LogP contribution in [0, 0.1) is 0 Å². The lowest BCUT2D eigenvalue weighted by atomic mass is 10.0. The summed E-state index contributed by atoms with van der Waals surface area (Å²) in [6.07, 6.45) is 0.944. The Morgan fingerprint density at radius 2 is 2.29 bits per heavy atom. The average Bonchev–Trinajstić information content (AvgIpc) is 2.26. The number of aldehydes is 1. The first-order chi connectivity index (χ1) is 6.72. The van der Waals surface area contributed by atoms with Crippen molar-refractivity contribution in [3.63, 3.8) is 0 Å². The van der Waals surface area contributed by atoms with Crippen molar-refractivity contribution in [3.8, 4) is 5.75 Å². The minimum Gasteiger partial charge on any atom is -0.496 e. The summed E-state index contributed by atoms with van der Waals surface area (Å²) in [6, 6.07) is 5.81. The van der Waals surface area contributed by atoms with Crippen LogP contribution in [0.25, 0.3) is 0 Å². The summed E-state index contributed by atoms with van der Waals surface area (Å²) in [7, 11) is 1.64. The quantitative estimate of drug-likeness (QED) is 0.612. The summed E-state index contributed by atoms with van der Waals surface area (Å²) in [4.78, 5) is 10.6. The van der Waals surface area contributed by atoms with Crippen LogP contribution in [-0.2, 0) is 10.1 Å². The summed E-state index contributed by atoms with van der Waals surface area (Å²) in [6.45, 7) is 1.88. The summed E-state index contributed by atoms with van der Waals surface area (Å²) in [5.41, 5.74) is 2.09. The van der Waals surface area contributed by atoms with Crippen LogP contribution < -0.4 is 4.74 Å². The number of alkyl halides is 1. The lowest BCUT2D eigenvalue weighted by Crippen LogP contribution is -1.97. The second-order valence-corrected chi connectivity index (χ2v) is 3.69. The zero-order chi connectivity index (χ0) is 10.6. The van der Waals surface area contributed by atoms with E-state index in [1.807, 2.05) is 25.1 Å². The third-order valence-corrected chi connectivity index (χ3v) is 2.78. The predicted molar refractivity (Wildman–Crippen MR) is 60.1 cm³/mol. The third-order valence-electron chi connectivity index (χ3n) is 2.18. The number of rotatable bonds is 4. The summed E-state index contributed by atoms with van der Waals surface area (Å²) >= 11 is 3.39. The molecule has 0 fully saturated rings. The van der Waals surface area contributed by atoms with E-state index in [4.69, 9.17) is 4.74 Å². The molecular formula is C11H13BrO2. The Hall–Kier alpha value is -0.830. The number of carbonyl (C=O) groups excluding carboxylic acids is 1. The fourth-order valence-corrected chi connectivity index (χ4v) is 1.70. The molecule has 1 atom stereocenters. The standard InChI is InChI=1S/C11H13BrO2/c1-8(7-13)9-3-4-11(14-2)10(5-9)6-12/h3-5,7-8H,6H2,1-2H3.